The van der Waals surface area contributed by atoms with Gasteiger partial charge in [-0.1, -0.05) is 0 Å². The maximum absolute atomic E-state index is 11.7. The van der Waals surface area contributed by atoms with E-state index >= 15 is 0 Å². The molecule has 1 amide bonds. The summed E-state index contributed by atoms with van der Waals surface area (Å²) in [4.78, 5) is 14.1. The van der Waals surface area contributed by atoms with Gasteiger partial charge in [-0.3, -0.25) is 9.69 Å². The van der Waals surface area contributed by atoms with Gasteiger partial charge in [0, 0.05) is 26.3 Å². The molecule has 0 bridgehead atoms. The van der Waals surface area contributed by atoms with Crippen molar-refractivity contribution in [3.63, 3.8) is 0 Å². The summed E-state index contributed by atoms with van der Waals surface area (Å²) in [7, 11) is 1.61. The molecule has 0 radical (unpaired) electrons. The number of nitrogens with one attached hydrogen (secondary N) is 1. The van der Waals surface area contributed by atoms with Gasteiger partial charge in [-0.05, 0) is 39.3 Å². The van der Waals surface area contributed by atoms with Gasteiger partial charge in [0.1, 0.15) is 0 Å². The van der Waals surface area contributed by atoms with E-state index in [2.05, 4.69) is 17.1 Å². The van der Waals surface area contributed by atoms with Crippen LogP contribution in [0.15, 0.2) is 0 Å². The number of methoxy groups -OCH3 is 1. The van der Waals surface area contributed by atoms with Gasteiger partial charge < -0.3 is 15.8 Å². The van der Waals surface area contributed by atoms with E-state index in [1.165, 1.54) is 12.8 Å². The number of hydrogen-bond donors (Lipinski definition) is 2. The van der Waals surface area contributed by atoms with Crippen molar-refractivity contribution in [2.45, 2.75) is 38.3 Å². The molecule has 0 aromatic carbocycles. The second-order valence-corrected chi connectivity index (χ2v) is 4.73. The molecule has 1 saturated heterocycles. The Kier molecular flexibility index (Phi) is 6.47. The van der Waals surface area contributed by atoms with Crippen molar-refractivity contribution in [1.82, 2.24) is 10.2 Å². The highest BCUT2D eigenvalue weighted by atomic mass is 16.5. The maximum atomic E-state index is 11.7. The third-order valence-corrected chi connectivity index (χ3v) is 3.31. The third-order valence-electron chi connectivity index (χ3n) is 3.31. The van der Waals surface area contributed by atoms with E-state index in [1.54, 1.807) is 7.11 Å². The van der Waals surface area contributed by atoms with Crippen LogP contribution in [-0.4, -0.2) is 56.2 Å². The normalized spacial score (nSPS) is 20.2. The number of amides is 1. The Morgan fingerprint density at radius 2 is 2.12 bits per heavy atom. The Morgan fingerprint density at radius 3 is 2.71 bits per heavy atom. The molecule has 100 valence electrons. The first-order valence-electron chi connectivity index (χ1n) is 6.41. The summed E-state index contributed by atoms with van der Waals surface area (Å²) in [6.45, 7) is 5.64. The van der Waals surface area contributed by atoms with Crippen LogP contribution in [0.25, 0.3) is 0 Å². The summed E-state index contributed by atoms with van der Waals surface area (Å²) >= 11 is 0. The van der Waals surface area contributed by atoms with Gasteiger partial charge in [0.05, 0.1) is 6.04 Å². The highest BCUT2D eigenvalue weighted by Crippen LogP contribution is 2.10. The lowest BCUT2D eigenvalue weighted by Gasteiger charge is -2.24. The van der Waals surface area contributed by atoms with E-state index in [0.717, 1.165) is 13.1 Å². The van der Waals surface area contributed by atoms with Crippen LogP contribution in [0.5, 0.6) is 0 Å². The molecule has 0 spiro atoms. The Labute approximate surface area is 104 Å². The summed E-state index contributed by atoms with van der Waals surface area (Å²) in [6.07, 6.45) is 3.11. The summed E-state index contributed by atoms with van der Waals surface area (Å²) in [5, 5.41) is 2.91. The Hall–Kier alpha value is -0.650. The lowest BCUT2D eigenvalue weighted by molar-refractivity contribution is -0.122. The van der Waals surface area contributed by atoms with Gasteiger partial charge in [0.25, 0.3) is 0 Å². The molecule has 1 aliphatic heterocycles. The van der Waals surface area contributed by atoms with E-state index in [-0.39, 0.29) is 5.91 Å². The van der Waals surface area contributed by atoms with Gasteiger partial charge in [-0.2, -0.15) is 0 Å². The number of carbonyl (C=O) groups excluding carboxylic acids is 1. The van der Waals surface area contributed by atoms with E-state index in [1.807, 2.05) is 0 Å². The van der Waals surface area contributed by atoms with Crippen LogP contribution in [0.1, 0.15) is 26.2 Å². The second kappa shape index (κ2) is 7.63. The maximum Gasteiger partial charge on any atom is 0.237 e. The molecule has 0 saturated carbocycles. The van der Waals surface area contributed by atoms with E-state index < -0.39 is 6.04 Å². The first-order valence-corrected chi connectivity index (χ1v) is 6.41. The van der Waals surface area contributed by atoms with Gasteiger partial charge in [0.2, 0.25) is 5.91 Å². The van der Waals surface area contributed by atoms with E-state index in [9.17, 15) is 4.79 Å². The standard InChI is InChI=1S/C12H25N3O2/c1-10(15-6-3-4-7-15)9-14-12(16)11(13)5-8-17-2/h10-11H,3-9,13H2,1-2H3,(H,14,16). The first-order chi connectivity index (χ1) is 8.15. The molecular weight excluding hydrogens is 218 g/mol. The number of nitrogens with two attached hydrogens (primary N) is 1. The molecule has 2 unspecified atom stereocenters. The molecule has 0 aliphatic carbocycles. The Balaban J connectivity index is 2.17. The van der Waals surface area contributed by atoms with Crippen LogP contribution in [0.3, 0.4) is 0 Å². The molecular formula is C12H25N3O2. The molecule has 0 aromatic heterocycles. The predicted octanol–water partition coefficient (Wildman–Crippen LogP) is -0.0493. The monoisotopic (exact) mass is 243 g/mol. The molecule has 1 fully saturated rings. The van der Waals surface area contributed by atoms with Crippen molar-refractivity contribution < 1.29 is 9.53 Å². The SMILES string of the molecule is COCCC(N)C(=O)NCC(C)N1CCCC1. The number of hydrogen-bond acceptors (Lipinski definition) is 4. The van der Waals surface area contributed by atoms with Crippen molar-refractivity contribution in [3.8, 4) is 0 Å². The van der Waals surface area contributed by atoms with Crippen LogP contribution in [0, 0.1) is 0 Å². The first kappa shape index (κ1) is 14.4. The lowest BCUT2D eigenvalue weighted by atomic mass is 10.2. The third kappa shape index (κ3) is 5.02. The number of nitrogens with zero attached hydrogens (tertiary/aromatic N) is 1. The summed E-state index contributed by atoms with van der Waals surface area (Å²) in [5.74, 6) is -0.0758. The molecule has 17 heavy (non-hydrogen) atoms. The topological polar surface area (TPSA) is 67.6 Å². The van der Waals surface area contributed by atoms with Crippen molar-refractivity contribution in [3.05, 3.63) is 0 Å². The van der Waals surface area contributed by atoms with Crippen molar-refractivity contribution in [2.24, 2.45) is 5.73 Å². The fourth-order valence-corrected chi connectivity index (χ4v) is 2.07. The van der Waals surface area contributed by atoms with Crippen LogP contribution in [-0.2, 0) is 9.53 Å². The minimum absolute atomic E-state index is 0.0758. The van der Waals surface area contributed by atoms with Crippen LogP contribution in [0.4, 0.5) is 0 Å². The largest absolute Gasteiger partial charge is 0.385 e. The summed E-state index contributed by atoms with van der Waals surface area (Å²) in [6, 6.07) is -0.0585. The van der Waals surface area contributed by atoms with Crippen molar-refractivity contribution >= 4 is 5.91 Å². The lowest BCUT2D eigenvalue weighted by Crippen LogP contribution is -2.46. The fourth-order valence-electron chi connectivity index (χ4n) is 2.07. The predicted molar refractivity (Wildman–Crippen MR) is 67.7 cm³/mol. The Morgan fingerprint density at radius 1 is 1.47 bits per heavy atom. The van der Waals surface area contributed by atoms with Gasteiger partial charge in [0.15, 0.2) is 0 Å². The van der Waals surface area contributed by atoms with E-state index in [4.69, 9.17) is 10.5 Å². The number of carbonyl (C=O) groups is 1. The zero-order valence-electron chi connectivity index (χ0n) is 10.9. The van der Waals surface area contributed by atoms with Crippen LogP contribution in [0.2, 0.25) is 0 Å². The molecule has 0 aromatic rings. The average molecular weight is 243 g/mol. The molecule has 5 heteroatoms. The molecule has 2 atom stereocenters. The highest BCUT2D eigenvalue weighted by molar-refractivity contribution is 5.81. The molecule has 3 N–H and O–H groups in total. The number of likely N-dealkylation sites (tertiary alicyclic amines) is 1. The summed E-state index contributed by atoms with van der Waals surface area (Å²) in [5.41, 5.74) is 5.74. The van der Waals surface area contributed by atoms with Gasteiger partial charge in [-0.25, -0.2) is 0 Å². The summed E-state index contributed by atoms with van der Waals surface area (Å²) < 4.78 is 4.90. The van der Waals surface area contributed by atoms with Crippen LogP contribution >= 0.6 is 0 Å². The van der Waals surface area contributed by atoms with E-state index in [0.29, 0.717) is 25.6 Å². The second-order valence-electron chi connectivity index (χ2n) is 4.73. The smallest absolute Gasteiger partial charge is 0.237 e. The van der Waals surface area contributed by atoms with Gasteiger partial charge in [-0.15, -0.1) is 0 Å². The Bertz CT molecular complexity index is 230. The molecule has 5 nitrogen and oxygen atoms in total. The minimum Gasteiger partial charge on any atom is -0.385 e. The van der Waals surface area contributed by atoms with Crippen molar-refractivity contribution in [2.75, 3.05) is 33.4 Å². The van der Waals surface area contributed by atoms with Gasteiger partial charge >= 0.3 is 0 Å². The number of rotatable bonds is 7. The number of ether oxygens (including phenoxy) is 1. The average Bonchev–Trinajstić information content (AvgIpc) is 2.86. The zero-order valence-corrected chi connectivity index (χ0v) is 10.9. The molecule has 1 aliphatic rings. The van der Waals surface area contributed by atoms with Crippen molar-refractivity contribution in [1.29, 1.82) is 0 Å². The molecule has 1 rings (SSSR count). The quantitative estimate of drug-likeness (QED) is 0.658. The van der Waals surface area contributed by atoms with Crippen LogP contribution < -0.4 is 11.1 Å². The molecule has 1 heterocycles. The highest BCUT2D eigenvalue weighted by Gasteiger charge is 2.19. The minimum atomic E-state index is -0.458. The zero-order chi connectivity index (χ0) is 12.7. The fraction of sp³-hybridized carbons (Fsp3) is 0.917.